The summed E-state index contributed by atoms with van der Waals surface area (Å²) >= 11 is 0. The molecule has 1 aromatic heterocycles. The maximum absolute atomic E-state index is 12.7. The van der Waals surface area contributed by atoms with Gasteiger partial charge in [-0.25, -0.2) is 9.78 Å². The summed E-state index contributed by atoms with van der Waals surface area (Å²) in [6, 6.07) is 7.68. The third-order valence-electron chi connectivity index (χ3n) is 5.70. The molecule has 4 rings (SSSR count). The zero-order valence-electron chi connectivity index (χ0n) is 17.7. The van der Waals surface area contributed by atoms with Crippen LogP contribution in [0.1, 0.15) is 38.1 Å². The van der Waals surface area contributed by atoms with Crippen molar-refractivity contribution >= 4 is 17.6 Å². The van der Waals surface area contributed by atoms with Gasteiger partial charge in [0, 0.05) is 50.1 Å². The summed E-state index contributed by atoms with van der Waals surface area (Å²) in [5.74, 6) is 0.734. The number of hydrogen-bond acceptors (Lipinski definition) is 4. The van der Waals surface area contributed by atoms with Crippen LogP contribution in [0, 0.1) is 6.92 Å². The van der Waals surface area contributed by atoms with Crippen molar-refractivity contribution in [3.05, 3.63) is 48.0 Å². The molecule has 0 saturated carbocycles. The minimum Gasteiger partial charge on any atom is -0.352 e. The fourth-order valence-corrected chi connectivity index (χ4v) is 4.25. The topological polar surface area (TPSA) is 88.5 Å². The Bertz CT molecular complexity index is 930. The Morgan fingerprint density at radius 1 is 1.27 bits per heavy atom. The number of benzene rings is 1. The summed E-state index contributed by atoms with van der Waals surface area (Å²) in [4.78, 5) is 31.7. The molecule has 0 unspecified atom stereocenters. The Labute approximate surface area is 176 Å². The van der Waals surface area contributed by atoms with Gasteiger partial charge in [-0.1, -0.05) is 12.1 Å². The third kappa shape index (κ3) is 4.05. The van der Waals surface area contributed by atoms with E-state index in [0.29, 0.717) is 32.5 Å². The van der Waals surface area contributed by atoms with Gasteiger partial charge in [-0.2, -0.15) is 0 Å². The summed E-state index contributed by atoms with van der Waals surface area (Å²) in [5, 5.41) is 5.91. The number of urea groups is 1. The van der Waals surface area contributed by atoms with Gasteiger partial charge in [-0.3, -0.25) is 4.79 Å². The predicted octanol–water partition coefficient (Wildman–Crippen LogP) is 2.64. The molecule has 1 spiro atoms. The highest BCUT2D eigenvalue weighted by Crippen LogP contribution is 2.40. The summed E-state index contributed by atoms with van der Waals surface area (Å²) in [5.41, 5.74) is 1.23. The molecule has 2 aromatic rings. The molecule has 1 saturated heterocycles. The molecular weight excluding hydrogens is 382 g/mol. The number of piperidine rings is 1. The molecule has 30 heavy (non-hydrogen) atoms. The molecule has 1 aromatic carbocycles. The molecule has 1 fully saturated rings. The molecule has 2 aliphatic heterocycles. The van der Waals surface area contributed by atoms with Gasteiger partial charge in [0.1, 0.15) is 11.4 Å². The third-order valence-corrected chi connectivity index (χ3v) is 5.70. The fourth-order valence-electron chi connectivity index (χ4n) is 4.25. The average molecular weight is 412 g/mol. The van der Waals surface area contributed by atoms with E-state index in [4.69, 9.17) is 4.74 Å². The summed E-state index contributed by atoms with van der Waals surface area (Å²) < 4.78 is 8.38. The number of anilines is 1. The van der Waals surface area contributed by atoms with E-state index >= 15 is 0 Å². The van der Waals surface area contributed by atoms with Crippen molar-refractivity contribution < 1.29 is 14.3 Å². The minimum absolute atomic E-state index is 0.0494. The van der Waals surface area contributed by atoms with Gasteiger partial charge in [0.05, 0.1) is 6.54 Å². The first kappa shape index (κ1) is 20.4. The number of likely N-dealkylation sites (tertiary alicyclic amines) is 1. The van der Waals surface area contributed by atoms with Crippen molar-refractivity contribution in [1.82, 2.24) is 19.8 Å². The Kier molecular flexibility index (Phi) is 5.51. The monoisotopic (exact) mass is 411 g/mol. The second kappa shape index (κ2) is 8.10. The number of hydrogen-bond donors (Lipinski definition) is 2. The van der Waals surface area contributed by atoms with Crippen molar-refractivity contribution in [2.75, 3.05) is 18.4 Å². The second-order valence-corrected chi connectivity index (χ2v) is 8.45. The lowest BCUT2D eigenvalue weighted by Crippen LogP contribution is -2.55. The highest BCUT2D eigenvalue weighted by atomic mass is 16.5. The number of aromatic nitrogens is 2. The normalized spacial score (nSPS) is 20.1. The van der Waals surface area contributed by atoms with Gasteiger partial charge in [0.25, 0.3) is 5.91 Å². The van der Waals surface area contributed by atoms with E-state index in [9.17, 15) is 9.59 Å². The minimum atomic E-state index is -0.652. The lowest BCUT2D eigenvalue weighted by Gasteiger charge is -2.45. The summed E-state index contributed by atoms with van der Waals surface area (Å²) in [7, 11) is 0. The number of nitrogens with one attached hydrogen (secondary N) is 2. The van der Waals surface area contributed by atoms with Gasteiger partial charge >= 0.3 is 6.03 Å². The lowest BCUT2D eigenvalue weighted by molar-refractivity contribution is -0.172. The number of amides is 3. The Hall–Kier alpha value is -2.87. The number of nitrogens with zero attached hydrogens (tertiary/aromatic N) is 3. The molecule has 2 N–H and O–H groups in total. The number of aryl methyl sites for hydroxylation is 1. The molecule has 8 nitrogen and oxygen atoms in total. The summed E-state index contributed by atoms with van der Waals surface area (Å²) in [6.07, 6.45) is 4.27. The van der Waals surface area contributed by atoms with Gasteiger partial charge in [0.15, 0.2) is 6.10 Å². The van der Waals surface area contributed by atoms with Crippen molar-refractivity contribution in [3.8, 4) is 0 Å². The first-order valence-corrected chi connectivity index (χ1v) is 10.5. The van der Waals surface area contributed by atoms with Crippen molar-refractivity contribution in [3.63, 3.8) is 0 Å². The first-order chi connectivity index (χ1) is 14.4. The van der Waals surface area contributed by atoms with Crippen molar-refractivity contribution in [2.24, 2.45) is 0 Å². The highest BCUT2D eigenvalue weighted by Gasteiger charge is 2.47. The number of rotatable bonds is 3. The van der Waals surface area contributed by atoms with Crippen LogP contribution >= 0.6 is 0 Å². The fraction of sp³-hybridized carbons (Fsp3) is 0.500. The van der Waals surface area contributed by atoms with Crippen LogP contribution in [0.5, 0.6) is 0 Å². The molecule has 0 radical (unpaired) electrons. The maximum Gasteiger partial charge on any atom is 0.321 e. The second-order valence-electron chi connectivity index (χ2n) is 8.45. The summed E-state index contributed by atoms with van der Waals surface area (Å²) in [6.45, 7) is 7.38. The molecular formula is C22H29N5O3. The Morgan fingerprint density at radius 2 is 2.03 bits per heavy atom. The van der Waals surface area contributed by atoms with Gasteiger partial charge in [-0.05, 0) is 38.5 Å². The van der Waals surface area contributed by atoms with E-state index < -0.39 is 11.7 Å². The molecule has 160 valence electrons. The average Bonchev–Trinajstić information content (AvgIpc) is 3.18. The van der Waals surface area contributed by atoms with Gasteiger partial charge in [0.2, 0.25) is 0 Å². The van der Waals surface area contributed by atoms with E-state index in [1.54, 1.807) is 11.1 Å². The molecule has 3 amide bonds. The Balaban J connectivity index is 1.45. The van der Waals surface area contributed by atoms with Crippen molar-refractivity contribution in [2.45, 2.75) is 57.9 Å². The molecule has 0 aliphatic carbocycles. The van der Waals surface area contributed by atoms with E-state index in [1.807, 2.05) is 55.8 Å². The van der Waals surface area contributed by atoms with E-state index in [0.717, 1.165) is 17.1 Å². The zero-order chi connectivity index (χ0) is 21.3. The predicted molar refractivity (Wildman–Crippen MR) is 113 cm³/mol. The Morgan fingerprint density at radius 3 is 2.73 bits per heavy atom. The quantitative estimate of drug-likeness (QED) is 0.813. The van der Waals surface area contributed by atoms with E-state index in [2.05, 4.69) is 15.6 Å². The van der Waals surface area contributed by atoms with E-state index in [1.165, 1.54) is 0 Å². The van der Waals surface area contributed by atoms with Crippen LogP contribution in [0.2, 0.25) is 0 Å². The number of imidazole rings is 1. The first-order valence-electron chi connectivity index (χ1n) is 10.5. The van der Waals surface area contributed by atoms with Crippen LogP contribution in [-0.4, -0.2) is 51.6 Å². The highest BCUT2D eigenvalue weighted by molar-refractivity contribution is 5.89. The SMILES string of the molecule is Cc1cccc(NC(=O)N2CCC3(CC2)O[C@@H](C(=O)NC(C)C)Cn2ccnc23)c1. The van der Waals surface area contributed by atoms with Crippen LogP contribution in [0.3, 0.4) is 0 Å². The molecule has 2 aliphatic rings. The number of ether oxygens (including phenoxy) is 1. The molecule has 8 heteroatoms. The van der Waals surface area contributed by atoms with E-state index in [-0.39, 0.29) is 18.0 Å². The van der Waals surface area contributed by atoms with Crippen LogP contribution in [0.15, 0.2) is 36.7 Å². The van der Waals surface area contributed by atoms with Gasteiger partial charge < -0.3 is 24.8 Å². The molecule has 0 bridgehead atoms. The number of carbonyl (C=O) groups is 2. The van der Waals surface area contributed by atoms with Crippen LogP contribution in [0.4, 0.5) is 10.5 Å². The standard InChI is InChI=1S/C22H29N5O3/c1-15(2)24-19(28)18-14-27-12-9-23-20(27)22(30-18)7-10-26(11-8-22)21(29)25-17-6-4-5-16(3)13-17/h4-6,9,12-13,15,18H,7-8,10-11,14H2,1-3H3,(H,24,28)(H,25,29)/t18-/m1/s1. The van der Waals surface area contributed by atoms with Crippen LogP contribution in [-0.2, 0) is 21.7 Å². The number of carbonyl (C=O) groups excluding carboxylic acids is 2. The maximum atomic E-state index is 12.7. The lowest BCUT2D eigenvalue weighted by atomic mass is 9.88. The number of fused-ring (bicyclic) bond motifs is 2. The zero-order valence-corrected chi connectivity index (χ0v) is 17.7. The van der Waals surface area contributed by atoms with Crippen molar-refractivity contribution in [1.29, 1.82) is 0 Å². The van der Waals surface area contributed by atoms with Gasteiger partial charge in [-0.15, -0.1) is 0 Å². The molecule has 1 atom stereocenters. The largest absolute Gasteiger partial charge is 0.352 e. The van der Waals surface area contributed by atoms with Crippen LogP contribution in [0.25, 0.3) is 0 Å². The smallest absolute Gasteiger partial charge is 0.321 e. The molecule has 3 heterocycles. The van der Waals surface area contributed by atoms with Crippen LogP contribution < -0.4 is 10.6 Å².